The molecule has 0 aliphatic heterocycles. The first-order valence-electron chi connectivity index (χ1n) is 3.93. The van der Waals surface area contributed by atoms with Crippen LogP contribution in [0.15, 0.2) is 18.7 Å². The van der Waals surface area contributed by atoms with Crippen molar-refractivity contribution in [3.05, 3.63) is 24.3 Å². The van der Waals surface area contributed by atoms with Crippen LogP contribution in [0.3, 0.4) is 0 Å². The van der Waals surface area contributed by atoms with Crippen molar-refractivity contribution in [3.63, 3.8) is 0 Å². The zero-order chi connectivity index (χ0) is 8.81. The predicted octanol–water partition coefficient (Wildman–Crippen LogP) is 1.06. The molecule has 1 aromatic heterocycles. The third kappa shape index (κ3) is 2.79. The molecule has 12 heavy (non-hydrogen) atoms. The van der Waals surface area contributed by atoms with Gasteiger partial charge in [-0.1, -0.05) is 0 Å². The molecule has 1 heterocycles. The highest BCUT2D eigenvalue weighted by molar-refractivity contribution is 7.80. The SMILES string of the molecule is CC(NCCS)c1cncnc1. The van der Waals surface area contributed by atoms with Crippen molar-refractivity contribution in [2.75, 3.05) is 12.3 Å². The molecule has 1 unspecified atom stereocenters. The van der Waals surface area contributed by atoms with Crippen LogP contribution in [0.4, 0.5) is 0 Å². The normalized spacial score (nSPS) is 12.8. The minimum absolute atomic E-state index is 0.304. The summed E-state index contributed by atoms with van der Waals surface area (Å²) in [6.45, 7) is 2.99. The Labute approximate surface area is 78.0 Å². The zero-order valence-corrected chi connectivity index (χ0v) is 7.96. The highest BCUT2D eigenvalue weighted by Gasteiger charge is 2.02. The maximum atomic E-state index is 4.11. The second kappa shape index (κ2) is 5.11. The summed E-state index contributed by atoms with van der Waals surface area (Å²) in [5.74, 6) is 0.845. The molecule has 0 bridgehead atoms. The molecule has 1 rings (SSSR count). The van der Waals surface area contributed by atoms with Gasteiger partial charge in [-0.15, -0.1) is 0 Å². The zero-order valence-electron chi connectivity index (χ0n) is 7.07. The predicted molar refractivity (Wildman–Crippen MR) is 52.3 cm³/mol. The van der Waals surface area contributed by atoms with Gasteiger partial charge >= 0.3 is 0 Å². The Morgan fingerprint density at radius 3 is 2.75 bits per heavy atom. The average Bonchev–Trinajstić information content (AvgIpc) is 2.15. The van der Waals surface area contributed by atoms with E-state index in [1.807, 2.05) is 12.4 Å². The molecular weight excluding hydrogens is 170 g/mol. The standard InChI is InChI=1S/C8H13N3S/c1-7(11-2-3-12)8-4-9-6-10-5-8/h4-7,11-12H,2-3H2,1H3. The van der Waals surface area contributed by atoms with Crippen molar-refractivity contribution in [2.45, 2.75) is 13.0 Å². The van der Waals surface area contributed by atoms with E-state index in [4.69, 9.17) is 0 Å². The summed E-state index contributed by atoms with van der Waals surface area (Å²) < 4.78 is 0. The number of rotatable bonds is 4. The lowest BCUT2D eigenvalue weighted by molar-refractivity contribution is 0.597. The van der Waals surface area contributed by atoms with Crippen LogP contribution in [0, 0.1) is 0 Å². The number of nitrogens with zero attached hydrogens (tertiary/aromatic N) is 2. The summed E-state index contributed by atoms with van der Waals surface area (Å²) in [5.41, 5.74) is 1.11. The summed E-state index contributed by atoms with van der Waals surface area (Å²) in [6, 6.07) is 0.304. The van der Waals surface area contributed by atoms with Gasteiger partial charge in [-0.3, -0.25) is 0 Å². The minimum Gasteiger partial charge on any atom is -0.309 e. The van der Waals surface area contributed by atoms with Crippen LogP contribution in [0.2, 0.25) is 0 Å². The van der Waals surface area contributed by atoms with E-state index in [2.05, 4.69) is 34.8 Å². The van der Waals surface area contributed by atoms with Crippen molar-refractivity contribution in [1.29, 1.82) is 0 Å². The molecule has 0 radical (unpaired) electrons. The highest BCUT2D eigenvalue weighted by atomic mass is 32.1. The van der Waals surface area contributed by atoms with E-state index in [1.54, 1.807) is 0 Å². The molecule has 1 aromatic rings. The molecule has 0 fully saturated rings. The Balaban J connectivity index is 2.48. The van der Waals surface area contributed by atoms with Gasteiger partial charge in [-0.05, 0) is 6.92 Å². The number of thiol groups is 1. The first-order chi connectivity index (χ1) is 5.84. The molecule has 0 aromatic carbocycles. The second-order valence-electron chi connectivity index (χ2n) is 2.57. The Morgan fingerprint density at radius 1 is 1.50 bits per heavy atom. The van der Waals surface area contributed by atoms with Crippen LogP contribution in [-0.2, 0) is 0 Å². The van der Waals surface area contributed by atoms with Crippen molar-refractivity contribution in [1.82, 2.24) is 15.3 Å². The van der Waals surface area contributed by atoms with Gasteiger partial charge in [-0.2, -0.15) is 12.6 Å². The van der Waals surface area contributed by atoms with E-state index < -0.39 is 0 Å². The van der Waals surface area contributed by atoms with Crippen LogP contribution in [0.5, 0.6) is 0 Å². The van der Waals surface area contributed by atoms with Gasteiger partial charge in [-0.25, -0.2) is 9.97 Å². The lowest BCUT2D eigenvalue weighted by Gasteiger charge is -2.11. The van der Waals surface area contributed by atoms with Crippen LogP contribution in [0.25, 0.3) is 0 Å². The summed E-state index contributed by atoms with van der Waals surface area (Å²) in [4.78, 5) is 7.89. The second-order valence-corrected chi connectivity index (χ2v) is 3.02. The first kappa shape index (κ1) is 9.48. The Kier molecular flexibility index (Phi) is 4.04. The largest absolute Gasteiger partial charge is 0.309 e. The topological polar surface area (TPSA) is 37.8 Å². The fourth-order valence-corrected chi connectivity index (χ4v) is 1.06. The number of hydrogen-bond donors (Lipinski definition) is 2. The highest BCUT2D eigenvalue weighted by Crippen LogP contribution is 2.07. The molecule has 1 N–H and O–H groups in total. The Hall–Kier alpha value is -0.610. The molecule has 3 nitrogen and oxygen atoms in total. The summed E-state index contributed by atoms with van der Waals surface area (Å²) in [5, 5.41) is 3.29. The molecule has 0 spiro atoms. The van der Waals surface area contributed by atoms with Gasteiger partial charge in [0.15, 0.2) is 0 Å². The van der Waals surface area contributed by atoms with Gasteiger partial charge < -0.3 is 5.32 Å². The lowest BCUT2D eigenvalue weighted by Crippen LogP contribution is -2.20. The molecule has 4 heteroatoms. The molecular formula is C8H13N3S. The number of hydrogen-bond acceptors (Lipinski definition) is 4. The van der Waals surface area contributed by atoms with Gasteiger partial charge in [0.05, 0.1) is 0 Å². The van der Waals surface area contributed by atoms with Gasteiger partial charge in [0, 0.05) is 36.3 Å². The van der Waals surface area contributed by atoms with Gasteiger partial charge in [0.25, 0.3) is 0 Å². The maximum Gasteiger partial charge on any atom is 0.115 e. The lowest BCUT2D eigenvalue weighted by atomic mass is 10.2. The number of aromatic nitrogens is 2. The van der Waals surface area contributed by atoms with Gasteiger partial charge in [0.1, 0.15) is 6.33 Å². The molecule has 0 aliphatic carbocycles. The monoisotopic (exact) mass is 183 g/mol. The molecule has 0 amide bonds. The Bertz CT molecular complexity index is 215. The van der Waals surface area contributed by atoms with E-state index in [0.717, 1.165) is 17.9 Å². The third-order valence-corrected chi connectivity index (χ3v) is 1.87. The van der Waals surface area contributed by atoms with Crippen molar-refractivity contribution >= 4 is 12.6 Å². The molecule has 0 saturated heterocycles. The number of nitrogens with one attached hydrogen (secondary N) is 1. The van der Waals surface area contributed by atoms with E-state index in [0.29, 0.717) is 6.04 Å². The quantitative estimate of drug-likeness (QED) is 0.685. The van der Waals surface area contributed by atoms with E-state index >= 15 is 0 Å². The minimum atomic E-state index is 0.304. The molecule has 0 aliphatic rings. The molecule has 1 atom stereocenters. The maximum absolute atomic E-state index is 4.11. The van der Waals surface area contributed by atoms with Crippen molar-refractivity contribution in [2.24, 2.45) is 0 Å². The molecule has 0 saturated carbocycles. The van der Waals surface area contributed by atoms with Gasteiger partial charge in [0.2, 0.25) is 0 Å². The fraction of sp³-hybridized carbons (Fsp3) is 0.500. The van der Waals surface area contributed by atoms with E-state index in [9.17, 15) is 0 Å². The van der Waals surface area contributed by atoms with Crippen LogP contribution < -0.4 is 5.32 Å². The third-order valence-electron chi connectivity index (χ3n) is 1.64. The van der Waals surface area contributed by atoms with Crippen molar-refractivity contribution in [3.8, 4) is 0 Å². The van der Waals surface area contributed by atoms with Crippen LogP contribution in [-0.4, -0.2) is 22.3 Å². The summed E-state index contributed by atoms with van der Waals surface area (Å²) >= 11 is 4.11. The average molecular weight is 183 g/mol. The molecule has 66 valence electrons. The van der Waals surface area contributed by atoms with Crippen LogP contribution >= 0.6 is 12.6 Å². The first-order valence-corrected chi connectivity index (χ1v) is 4.57. The van der Waals surface area contributed by atoms with Crippen molar-refractivity contribution < 1.29 is 0 Å². The van der Waals surface area contributed by atoms with Crippen LogP contribution in [0.1, 0.15) is 18.5 Å². The smallest absolute Gasteiger partial charge is 0.115 e. The van der Waals surface area contributed by atoms with E-state index in [-0.39, 0.29) is 0 Å². The summed E-state index contributed by atoms with van der Waals surface area (Å²) in [6.07, 6.45) is 5.18. The van der Waals surface area contributed by atoms with E-state index in [1.165, 1.54) is 6.33 Å². The Morgan fingerprint density at radius 2 is 2.17 bits per heavy atom. The fourth-order valence-electron chi connectivity index (χ4n) is 0.933. The summed E-state index contributed by atoms with van der Waals surface area (Å²) in [7, 11) is 0.